The average Bonchev–Trinajstić information content (AvgIpc) is 1.25. The van der Waals surface area contributed by atoms with Gasteiger partial charge in [0.25, 0.3) is 0 Å². The van der Waals surface area contributed by atoms with Crippen LogP contribution in [-0.4, -0.2) is 128 Å². The van der Waals surface area contributed by atoms with Crippen LogP contribution in [0, 0.1) is 0 Å². The summed E-state index contributed by atoms with van der Waals surface area (Å²) in [5.74, 6) is 0. The smallest absolute Gasteiger partial charge is 0.907 e. The summed E-state index contributed by atoms with van der Waals surface area (Å²) in [6, 6.07) is 0. The van der Waals surface area contributed by atoms with E-state index in [4.69, 9.17) is 30.1 Å². The Morgan fingerprint density at radius 2 is 0.455 bits per heavy atom. The van der Waals surface area contributed by atoms with Gasteiger partial charge in [-0.05, 0) is 0 Å². The predicted molar refractivity (Wildman–Crippen MR) is 28.8 cm³/mol. The molecule has 0 saturated carbocycles. The van der Waals surface area contributed by atoms with Crippen LogP contribution >= 0.6 is 0 Å². The van der Waals surface area contributed by atoms with Crippen molar-refractivity contribution in [2.45, 2.75) is 0 Å². The number of hydrogen-bond acceptors (Lipinski definition) is 6. The minimum Gasteiger partial charge on any atom is -0.907 e. The molecule has 48 valence electrons. The number of hydrogen-bond donors (Lipinski definition) is 0. The SMILES string of the molecule is [Ca+2].[Ca+2].[Ca+2].[O-]B([O-])[O-].[O-]B([O-])[O-]. The molecule has 0 saturated heterocycles. The molecule has 0 radical (unpaired) electrons. The van der Waals surface area contributed by atoms with Crippen LogP contribution in [0.1, 0.15) is 0 Å². The molecule has 0 rings (SSSR count). The standard InChI is InChI=1S/2BO3.3Ca/c2*2-1(3)4;;;/q2*-3;3*+2. The minimum absolute atomic E-state index is 0. The molecular formula is B2Ca3O6. The molecule has 0 aliphatic carbocycles. The first-order valence-electron chi connectivity index (χ1n) is 1.41. The van der Waals surface area contributed by atoms with Gasteiger partial charge < -0.3 is 30.1 Å². The van der Waals surface area contributed by atoms with Gasteiger partial charge in [-0.1, -0.05) is 0 Å². The zero-order chi connectivity index (χ0) is 7.15. The monoisotopic (exact) mass is 238 g/mol. The van der Waals surface area contributed by atoms with Gasteiger partial charge in [-0.3, -0.25) is 14.6 Å². The molecule has 0 amide bonds. The van der Waals surface area contributed by atoms with Gasteiger partial charge >= 0.3 is 113 Å². The van der Waals surface area contributed by atoms with E-state index >= 15 is 0 Å². The van der Waals surface area contributed by atoms with Crippen LogP contribution in [-0.2, 0) is 0 Å². The summed E-state index contributed by atoms with van der Waals surface area (Å²) in [4.78, 5) is 0. The average molecular weight is 238 g/mol. The maximum Gasteiger partial charge on any atom is 2.00 e. The van der Waals surface area contributed by atoms with Gasteiger partial charge in [0.2, 0.25) is 0 Å². The van der Waals surface area contributed by atoms with Crippen molar-refractivity contribution < 1.29 is 30.1 Å². The van der Waals surface area contributed by atoms with Crippen LogP contribution < -0.4 is 30.1 Å². The summed E-state index contributed by atoms with van der Waals surface area (Å²) < 4.78 is 0. The maximum atomic E-state index is 8.42. The van der Waals surface area contributed by atoms with Gasteiger partial charge in [0.15, 0.2) is 0 Å². The van der Waals surface area contributed by atoms with E-state index in [9.17, 15) is 0 Å². The molecule has 0 fully saturated rings. The summed E-state index contributed by atoms with van der Waals surface area (Å²) in [7, 11) is -5.83. The molecule has 0 N–H and O–H groups in total. The van der Waals surface area contributed by atoms with Crippen molar-refractivity contribution in [3.63, 3.8) is 0 Å². The molecule has 0 spiro atoms. The first-order chi connectivity index (χ1) is 3.46. The molecule has 6 nitrogen and oxygen atoms in total. The third-order valence-electron chi connectivity index (χ3n) is 0. The molecule has 0 heterocycles. The Hall–Kier alpha value is 3.67. The van der Waals surface area contributed by atoms with Crippen LogP contribution in [0.4, 0.5) is 0 Å². The third kappa shape index (κ3) is 138. The predicted octanol–water partition coefficient (Wildman–Crippen LogP) is -9.04. The molecule has 0 atom stereocenters. The van der Waals surface area contributed by atoms with Crippen molar-refractivity contribution in [1.82, 2.24) is 0 Å². The molecule has 0 aromatic carbocycles. The van der Waals surface area contributed by atoms with Crippen molar-refractivity contribution in [3.8, 4) is 0 Å². The first-order valence-corrected chi connectivity index (χ1v) is 1.41. The number of rotatable bonds is 0. The molecule has 0 aliphatic heterocycles. The van der Waals surface area contributed by atoms with Crippen LogP contribution in [0.25, 0.3) is 0 Å². The third-order valence-corrected chi connectivity index (χ3v) is 0. The van der Waals surface area contributed by atoms with E-state index in [2.05, 4.69) is 0 Å². The van der Waals surface area contributed by atoms with Gasteiger partial charge in [-0.2, -0.15) is 0 Å². The van der Waals surface area contributed by atoms with E-state index in [1.54, 1.807) is 0 Å². The topological polar surface area (TPSA) is 138 Å². The summed E-state index contributed by atoms with van der Waals surface area (Å²) in [6.45, 7) is 0. The van der Waals surface area contributed by atoms with Crippen LogP contribution in [0.15, 0.2) is 0 Å². The van der Waals surface area contributed by atoms with Crippen molar-refractivity contribution in [3.05, 3.63) is 0 Å². The fourth-order valence-electron chi connectivity index (χ4n) is 0. The summed E-state index contributed by atoms with van der Waals surface area (Å²) in [6.07, 6.45) is 0. The van der Waals surface area contributed by atoms with Gasteiger partial charge in [0.1, 0.15) is 0 Å². The van der Waals surface area contributed by atoms with E-state index in [-0.39, 0.29) is 113 Å². The Bertz CT molecular complexity index is 31.3. The quantitative estimate of drug-likeness (QED) is 0.384. The van der Waals surface area contributed by atoms with E-state index in [1.807, 2.05) is 0 Å². The molecular weight excluding hydrogens is 238 g/mol. The normalized spacial score (nSPS) is 4.91. The Labute approximate surface area is 154 Å². The molecule has 11 heavy (non-hydrogen) atoms. The van der Waals surface area contributed by atoms with Crippen LogP contribution in [0.3, 0.4) is 0 Å². The van der Waals surface area contributed by atoms with Crippen LogP contribution in [0.2, 0.25) is 0 Å². The fourth-order valence-corrected chi connectivity index (χ4v) is 0. The maximum absolute atomic E-state index is 8.42. The van der Waals surface area contributed by atoms with Gasteiger partial charge in [0.05, 0.1) is 0 Å². The molecule has 0 aromatic heterocycles. The van der Waals surface area contributed by atoms with E-state index in [0.29, 0.717) is 0 Å². The van der Waals surface area contributed by atoms with Gasteiger partial charge in [-0.25, -0.2) is 0 Å². The van der Waals surface area contributed by atoms with Crippen molar-refractivity contribution >= 4 is 128 Å². The van der Waals surface area contributed by atoms with E-state index in [0.717, 1.165) is 0 Å². The van der Waals surface area contributed by atoms with Crippen molar-refractivity contribution in [2.75, 3.05) is 0 Å². The second-order valence-electron chi connectivity index (χ2n) is 0.577. The van der Waals surface area contributed by atoms with Gasteiger partial charge in [0, 0.05) is 0 Å². The Kier molecular flexibility index (Phi) is 62.5. The zero-order valence-electron chi connectivity index (χ0n) is 5.73. The molecule has 11 heteroatoms. The summed E-state index contributed by atoms with van der Waals surface area (Å²) in [5, 5.41) is 50.5. The van der Waals surface area contributed by atoms with Gasteiger partial charge in [-0.15, -0.1) is 0 Å². The van der Waals surface area contributed by atoms with Crippen molar-refractivity contribution in [2.24, 2.45) is 0 Å². The molecule has 0 aliphatic rings. The summed E-state index contributed by atoms with van der Waals surface area (Å²) in [5.41, 5.74) is 0. The minimum atomic E-state index is -2.92. The zero-order valence-corrected chi connectivity index (χ0v) is 12.4. The second kappa shape index (κ2) is 23.5. The fraction of sp³-hybridized carbons (Fsp3) is 0. The van der Waals surface area contributed by atoms with E-state index < -0.39 is 14.6 Å². The van der Waals surface area contributed by atoms with Crippen molar-refractivity contribution in [1.29, 1.82) is 0 Å². The molecule has 0 bridgehead atoms. The van der Waals surface area contributed by atoms with E-state index in [1.165, 1.54) is 0 Å². The Morgan fingerprint density at radius 1 is 0.455 bits per heavy atom. The van der Waals surface area contributed by atoms with Crippen LogP contribution in [0.5, 0.6) is 0 Å². The second-order valence-corrected chi connectivity index (χ2v) is 0.577. The largest absolute Gasteiger partial charge is 2.00 e. The Balaban J connectivity index is -0.0000000171. The summed E-state index contributed by atoms with van der Waals surface area (Å²) >= 11 is 0. The Morgan fingerprint density at radius 3 is 0.455 bits per heavy atom. The molecule has 0 unspecified atom stereocenters. The first kappa shape index (κ1) is 29.3. The molecule has 0 aromatic rings.